The Kier molecular flexibility index (Phi) is 5.32. The molecule has 27 heavy (non-hydrogen) atoms. The van der Waals surface area contributed by atoms with Crippen molar-refractivity contribution in [2.75, 3.05) is 14.2 Å². The zero-order valence-corrected chi connectivity index (χ0v) is 16.8. The van der Waals surface area contributed by atoms with E-state index in [0.29, 0.717) is 0 Å². The van der Waals surface area contributed by atoms with Gasteiger partial charge in [0.15, 0.2) is 11.5 Å². The first-order valence-electron chi connectivity index (χ1n) is 8.55. The molecule has 0 atom stereocenters. The summed E-state index contributed by atoms with van der Waals surface area (Å²) in [6.45, 7) is 0. The number of aromatic nitrogens is 1. The lowest BCUT2D eigenvalue weighted by Gasteiger charge is -2.08. The summed E-state index contributed by atoms with van der Waals surface area (Å²) in [4.78, 5) is 6.05. The zero-order chi connectivity index (χ0) is 18.6. The molecule has 1 aromatic heterocycles. The first-order valence-corrected chi connectivity index (χ1v) is 10.4. The van der Waals surface area contributed by atoms with Gasteiger partial charge in [-0.2, -0.15) is 0 Å². The first-order chi connectivity index (χ1) is 13.3. The number of nitrogens with zero attached hydrogens (tertiary/aromatic N) is 1. The zero-order valence-electron chi connectivity index (χ0n) is 15.1. The first kappa shape index (κ1) is 17.9. The maximum Gasteiger partial charge on any atom is 0.161 e. The third-order valence-electron chi connectivity index (χ3n) is 4.29. The minimum Gasteiger partial charge on any atom is -0.493 e. The Morgan fingerprint density at radius 2 is 1.70 bits per heavy atom. The van der Waals surface area contributed by atoms with E-state index >= 15 is 0 Å². The number of ether oxygens (including phenoxy) is 2. The minimum absolute atomic E-state index is 0.720. The molecule has 3 nitrogen and oxygen atoms in total. The highest BCUT2D eigenvalue weighted by atomic mass is 32.2. The van der Waals surface area contributed by atoms with Crippen molar-refractivity contribution < 1.29 is 9.47 Å². The van der Waals surface area contributed by atoms with Gasteiger partial charge in [-0.1, -0.05) is 30.3 Å². The molecule has 0 radical (unpaired) electrons. The number of benzene rings is 3. The van der Waals surface area contributed by atoms with Crippen LogP contribution in [0.3, 0.4) is 0 Å². The lowest BCUT2D eigenvalue weighted by molar-refractivity contribution is 0.355. The van der Waals surface area contributed by atoms with Gasteiger partial charge in [0.2, 0.25) is 0 Å². The third kappa shape index (κ3) is 3.94. The van der Waals surface area contributed by atoms with Gasteiger partial charge in [-0.3, -0.25) is 0 Å². The molecule has 0 saturated carbocycles. The van der Waals surface area contributed by atoms with Crippen LogP contribution in [0.25, 0.3) is 21.3 Å². The summed E-state index contributed by atoms with van der Waals surface area (Å²) in [6, 6.07) is 20.9. The van der Waals surface area contributed by atoms with Crippen LogP contribution in [0.15, 0.2) is 70.9 Å². The highest BCUT2D eigenvalue weighted by Crippen LogP contribution is 2.34. The number of fused-ring (bicyclic) bond motifs is 1. The van der Waals surface area contributed by atoms with Gasteiger partial charge in [0.1, 0.15) is 5.01 Å². The Labute approximate surface area is 167 Å². The lowest BCUT2D eigenvalue weighted by atomic mass is 10.1. The van der Waals surface area contributed by atoms with Crippen LogP contribution < -0.4 is 9.47 Å². The average Bonchev–Trinajstić information content (AvgIpc) is 3.20. The van der Waals surface area contributed by atoms with Gasteiger partial charge >= 0.3 is 0 Å². The second-order valence-corrected chi connectivity index (χ2v) is 7.92. The Morgan fingerprint density at radius 3 is 2.52 bits per heavy atom. The Bertz CT molecular complexity index is 1070. The van der Waals surface area contributed by atoms with Gasteiger partial charge in [-0.25, -0.2) is 4.98 Å². The number of hydrogen-bond donors (Lipinski definition) is 0. The van der Waals surface area contributed by atoms with E-state index < -0.39 is 0 Å². The molecule has 0 saturated heterocycles. The number of thiazole rings is 1. The summed E-state index contributed by atoms with van der Waals surface area (Å²) >= 11 is 3.46. The summed E-state index contributed by atoms with van der Waals surface area (Å²) < 4.78 is 10.7. The molecule has 1 heterocycles. The van der Waals surface area contributed by atoms with Crippen molar-refractivity contribution in [1.82, 2.24) is 4.98 Å². The van der Waals surface area contributed by atoms with Crippen molar-refractivity contribution in [2.45, 2.75) is 10.6 Å². The molecule has 5 heteroatoms. The van der Waals surface area contributed by atoms with E-state index in [2.05, 4.69) is 47.8 Å². The van der Waals surface area contributed by atoms with Gasteiger partial charge in [0, 0.05) is 21.6 Å². The van der Waals surface area contributed by atoms with Crippen molar-refractivity contribution in [1.29, 1.82) is 0 Å². The number of thioether (sulfide) groups is 1. The molecule has 0 aliphatic heterocycles. The molecule has 0 spiro atoms. The van der Waals surface area contributed by atoms with E-state index in [4.69, 9.17) is 14.5 Å². The Hall–Kier alpha value is -2.50. The van der Waals surface area contributed by atoms with E-state index in [1.165, 1.54) is 15.7 Å². The van der Waals surface area contributed by atoms with Crippen LogP contribution in [0.5, 0.6) is 11.5 Å². The number of methoxy groups -OCH3 is 2. The standard InChI is InChI=1S/C22H19NO2S2/c1-24-20-10-8-17(12-21(20)25-2)22-23-18(14-27-22)13-26-19-9-7-15-5-3-4-6-16(15)11-19/h3-12,14H,13H2,1-2H3. The summed E-state index contributed by atoms with van der Waals surface area (Å²) in [6.07, 6.45) is 0. The van der Waals surface area contributed by atoms with E-state index in [1.54, 1.807) is 25.6 Å². The molecule has 0 fully saturated rings. The van der Waals surface area contributed by atoms with Gasteiger partial charge in [-0.05, 0) is 41.1 Å². The molecule has 136 valence electrons. The van der Waals surface area contributed by atoms with Crippen LogP contribution >= 0.6 is 23.1 Å². The summed E-state index contributed by atoms with van der Waals surface area (Å²) in [5, 5.41) is 5.66. The predicted octanol–water partition coefficient (Wildman–Crippen LogP) is 6.27. The van der Waals surface area contributed by atoms with Gasteiger partial charge in [-0.15, -0.1) is 23.1 Å². The Morgan fingerprint density at radius 1 is 0.889 bits per heavy atom. The monoisotopic (exact) mass is 393 g/mol. The molecular formula is C22H19NO2S2. The van der Waals surface area contributed by atoms with Crippen LogP contribution in [0.4, 0.5) is 0 Å². The topological polar surface area (TPSA) is 31.4 Å². The maximum absolute atomic E-state index is 5.39. The molecule has 4 rings (SSSR count). The van der Waals surface area contributed by atoms with E-state index in [0.717, 1.165) is 33.5 Å². The molecule has 0 aliphatic rings. The van der Waals surface area contributed by atoms with Crippen molar-refractivity contribution >= 4 is 33.9 Å². The highest BCUT2D eigenvalue weighted by molar-refractivity contribution is 7.98. The fourth-order valence-corrected chi connectivity index (χ4v) is 4.65. The third-order valence-corrected chi connectivity index (χ3v) is 6.26. The lowest BCUT2D eigenvalue weighted by Crippen LogP contribution is -1.90. The average molecular weight is 394 g/mol. The van der Waals surface area contributed by atoms with Crippen molar-refractivity contribution in [2.24, 2.45) is 0 Å². The molecule has 0 N–H and O–H groups in total. The fourth-order valence-electron chi connectivity index (χ4n) is 2.89. The van der Waals surface area contributed by atoms with Gasteiger partial charge < -0.3 is 9.47 Å². The van der Waals surface area contributed by atoms with Gasteiger partial charge in [0.05, 0.1) is 19.9 Å². The molecule has 0 bridgehead atoms. The van der Waals surface area contributed by atoms with Crippen molar-refractivity contribution in [3.63, 3.8) is 0 Å². The second-order valence-electron chi connectivity index (χ2n) is 6.01. The smallest absolute Gasteiger partial charge is 0.161 e. The molecule has 0 amide bonds. The van der Waals surface area contributed by atoms with E-state index in [-0.39, 0.29) is 0 Å². The quantitative estimate of drug-likeness (QED) is 0.361. The van der Waals surface area contributed by atoms with Crippen LogP contribution in [-0.2, 0) is 5.75 Å². The minimum atomic E-state index is 0.720. The van der Waals surface area contributed by atoms with E-state index in [9.17, 15) is 0 Å². The summed E-state index contributed by atoms with van der Waals surface area (Å²) in [5.41, 5.74) is 2.13. The van der Waals surface area contributed by atoms with E-state index in [1.807, 2.05) is 30.0 Å². The predicted molar refractivity (Wildman–Crippen MR) is 114 cm³/mol. The summed E-state index contributed by atoms with van der Waals surface area (Å²) in [5.74, 6) is 2.30. The van der Waals surface area contributed by atoms with Crippen molar-refractivity contribution in [3.8, 4) is 22.1 Å². The van der Waals surface area contributed by atoms with Crippen LogP contribution in [0.1, 0.15) is 5.69 Å². The van der Waals surface area contributed by atoms with Gasteiger partial charge in [0.25, 0.3) is 0 Å². The largest absolute Gasteiger partial charge is 0.493 e. The normalized spacial score (nSPS) is 10.9. The van der Waals surface area contributed by atoms with Crippen molar-refractivity contribution in [3.05, 3.63) is 71.7 Å². The number of hydrogen-bond acceptors (Lipinski definition) is 5. The second kappa shape index (κ2) is 8.03. The van der Waals surface area contributed by atoms with Crippen LogP contribution in [0.2, 0.25) is 0 Å². The van der Waals surface area contributed by atoms with Crippen LogP contribution in [0, 0.1) is 0 Å². The molecule has 3 aromatic carbocycles. The molecular weight excluding hydrogens is 374 g/mol. The fraction of sp³-hybridized carbons (Fsp3) is 0.136. The molecule has 0 aliphatic carbocycles. The SMILES string of the molecule is COc1ccc(-c2nc(CSc3ccc4ccccc4c3)cs2)cc1OC. The molecule has 4 aromatic rings. The maximum atomic E-state index is 5.39. The number of rotatable bonds is 6. The highest BCUT2D eigenvalue weighted by Gasteiger charge is 2.10. The summed E-state index contributed by atoms with van der Waals surface area (Å²) in [7, 11) is 3.29. The Balaban J connectivity index is 1.49. The van der Waals surface area contributed by atoms with Crippen LogP contribution in [-0.4, -0.2) is 19.2 Å². The molecule has 0 unspecified atom stereocenters.